The largest absolute Gasteiger partial charge is 0.465 e. The average molecular weight is 578 g/mol. The summed E-state index contributed by atoms with van der Waals surface area (Å²) in [6.45, 7) is 3.49. The number of nitrogens with one attached hydrogen (secondary N) is 1. The lowest BCUT2D eigenvalue weighted by molar-refractivity contribution is -0.136. The maximum atomic E-state index is 13.0. The lowest BCUT2D eigenvalue weighted by Gasteiger charge is -2.56. The van der Waals surface area contributed by atoms with Crippen LogP contribution < -0.4 is 5.32 Å². The van der Waals surface area contributed by atoms with Gasteiger partial charge in [0, 0.05) is 44.2 Å². The summed E-state index contributed by atoms with van der Waals surface area (Å²) in [6.07, 6.45) is 8.29. The molecule has 0 aromatic heterocycles. The number of nitrogens with zero attached hydrogens (tertiary/aromatic N) is 2. The van der Waals surface area contributed by atoms with E-state index in [4.69, 9.17) is 16.3 Å². The lowest BCUT2D eigenvalue weighted by atomic mass is 9.49. The first kappa shape index (κ1) is 28.2. The maximum Gasteiger partial charge on any atom is 0.337 e. The van der Waals surface area contributed by atoms with Gasteiger partial charge in [0.2, 0.25) is 11.8 Å². The Kier molecular flexibility index (Phi) is 8.10. The van der Waals surface area contributed by atoms with E-state index in [2.05, 4.69) is 10.2 Å². The van der Waals surface area contributed by atoms with Crippen molar-refractivity contribution in [1.82, 2.24) is 15.1 Å². The summed E-state index contributed by atoms with van der Waals surface area (Å²) >= 11 is 6.37. The number of methoxy groups -OCH3 is 1. The molecule has 218 valence electrons. The Hall–Kier alpha value is -2.90. The minimum atomic E-state index is -0.368. The van der Waals surface area contributed by atoms with Gasteiger partial charge in [0.15, 0.2) is 0 Å². The first-order valence-corrected chi connectivity index (χ1v) is 15.4. The molecule has 1 aliphatic heterocycles. The van der Waals surface area contributed by atoms with Gasteiger partial charge in [-0.15, -0.1) is 0 Å². The van der Waals surface area contributed by atoms with Crippen LogP contribution in [0.15, 0.2) is 42.5 Å². The molecule has 5 fully saturated rings. The van der Waals surface area contributed by atoms with Crippen LogP contribution in [-0.2, 0) is 20.9 Å². The second-order valence-corrected chi connectivity index (χ2v) is 13.3. The van der Waals surface area contributed by atoms with Crippen molar-refractivity contribution in [1.29, 1.82) is 0 Å². The third-order valence-electron chi connectivity index (χ3n) is 9.92. The quantitative estimate of drug-likeness (QED) is 0.439. The SMILES string of the molecule is COC(=O)c1cccc(-c2ccc(Cl)cc2CN2CCN(C(=O)CNC(=O)CC34CC5CC(CC(C5)C3)C4)CC2)c1. The molecule has 8 heteroatoms. The Balaban J connectivity index is 1.01. The standard InChI is InChI=1S/C33H40ClN3O4/c1-41-32(40)26-4-2-3-25(14-26)29-6-5-28(34)15-27(29)21-36-7-9-37(10-8-36)31(39)20-35-30(38)19-33-16-22-11-23(17-33)13-24(12-22)18-33/h2-6,14-15,22-24H,7-13,16-21H2,1H3,(H,35,38). The number of carbonyl (C=O) groups excluding carboxylic acids is 3. The summed E-state index contributed by atoms with van der Waals surface area (Å²) in [5.74, 6) is 2.13. The van der Waals surface area contributed by atoms with Crippen LogP contribution >= 0.6 is 11.6 Å². The Labute approximate surface area is 247 Å². The van der Waals surface area contributed by atoms with Crippen molar-refractivity contribution in [3.8, 4) is 11.1 Å². The molecule has 1 heterocycles. The predicted molar refractivity (Wildman–Crippen MR) is 158 cm³/mol. The van der Waals surface area contributed by atoms with Gasteiger partial charge in [0.1, 0.15) is 0 Å². The zero-order valence-electron chi connectivity index (χ0n) is 23.9. The Bertz CT molecular complexity index is 1280. The molecule has 7 rings (SSSR count). The number of esters is 1. The van der Waals surface area contributed by atoms with Gasteiger partial charge in [0.05, 0.1) is 19.2 Å². The smallest absolute Gasteiger partial charge is 0.337 e. The summed E-state index contributed by atoms with van der Waals surface area (Å²) < 4.78 is 4.89. The number of rotatable bonds is 8. The number of hydrogen-bond acceptors (Lipinski definition) is 5. The number of hydrogen-bond donors (Lipinski definition) is 1. The number of piperazine rings is 1. The molecule has 2 aromatic carbocycles. The fraction of sp³-hybridized carbons (Fsp3) is 0.545. The number of halogens is 1. The predicted octanol–water partition coefficient (Wildman–Crippen LogP) is 5.16. The van der Waals surface area contributed by atoms with E-state index in [1.54, 1.807) is 6.07 Å². The van der Waals surface area contributed by atoms with Crippen LogP contribution in [-0.4, -0.2) is 67.4 Å². The van der Waals surface area contributed by atoms with Crippen LogP contribution in [0.5, 0.6) is 0 Å². The molecule has 4 saturated carbocycles. The van der Waals surface area contributed by atoms with E-state index in [1.165, 1.54) is 45.6 Å². The maximum absolute atomic E-state index is 13.0. The van der Waals surface area contributed by atoms with E-state index in [0.717, 1.165) is 47.5 Å². The average Bonchev–Trinajstić information content (AvgIpc) is 2.95. The first-order valence-electron chi connectivity index (χ1n) is 15.0. The molecule has 7 nitrogen and oxygen atoms in total. The molecule has 1 N–H and O–H groups in total. The van der Waals surface area contributed by atoms with Crippen LogP contribution in [0.2, 0.25) is 5.02 Å². The van der Waals surface area contributed by atoms with Crippen LogP contribution in [0.25, 0.3) is 11.1 Å². The molecule has 0 unspecified atom stereocenters. The van der Waals surface area contributed by atoms with E-state index in [1.807, 2.05) is 41.3 Å². The second kappa shape index (κ2) is 11.8. The van der Waals surface area contributed by atoms with Crippen molar-refractivity contribution in [2.75, 3.05) is 39.8 Å². The van der Waals surface area contributed by atoms with Gasteiger partial charge < -0.3 is 15.0 Å². The molecule has 2 amide bonds. The molecule has 0 atom stereocenters. The van der Waals surface area contributed by atoms with Gasteiger partial charge >= 0.3 is 5.97 Å². The van der Waals surface area contributed by atoms with Gasteiger partial charge in [-0.3, -0.25) is 14.5 Å². The molecule has 4 bridgehead atoms. The fourth-order valence-electron chi connectivity index (χ4n) is 8.50. The van der Waals surface area contributed by atoms with Crippen molar-refractivity contribution >= 4 is 29.4 Å². The summed E-state index contributed by atoms with van der Waals surface area (Å²) in [4.78, 5) is 42.1. The minimum Gasteiger partial charge on any atom is -0.465 e. The number of amides is 2. The van der Waals surface area contributed by atoms with E-state index >= 15 is 0 Å². The molecule has 0 spiro atoms. The molecule has 4 aliphatic carbocycles. The highest BCUT2D eigenvalue weighted by Crippen LogP contribution is 2.61. The topological polar surface area (TPSA) is 79.0 Å². The third-order valence-corrected chi connectivity index (χ3v) is 10.2. The van der Waals surface area contributed by atoms with Crippen molar-refractivity contribution in [2.45, 2.75) is 51.5 Å². The van der Waals surface area contributed by atoms with Gasteiger partial charge in [-0.25, -0.2) is 4.79 Å². The first-order chi connectivity index (χ1) is 19.8. The molecule has 0 radical (unpaired) electrons. The van der Waals surface area contributed by atoms with Gasteiger partial charge in [-0.1, -0.05) is 29.8 Å². The number of ether oxygens (including phenoxy) is 1. The van der Waals surface area contributed by atoms with Gasteiger partial charge in [-0.05, 0) is 103 Å². The highest BCUT2D eigenvalue weighted by Gasteiger charge is 2.51. The van der Waals surface area contributed by atoms with Gasteiger partial charge in [-0.2, -0.15) is 0 Å². The number of benzene rings is 2. The van der Waals surface area contributed by atoms with Crippen LogP contribution in [0.1, 0.15) is 60.9 Å². The van der Waals surface area contributed by atoms with Crippen LogP contribution in [0, 0.1) is 23.2 Å². The Morgan fingerprint density at radius 3 is 2.29 bits per heavy atom. The summed E-state index contributed by atoms with van der Waals surface area (Å²) in [6, 6.07) is 13.2. The third kappa shape index (κ3) is 6.31. The van der Waals surface area contributed by atoms with Crippen LogP contribution in [0.3, 0.4) is 0 Å². The summed E-state index contributed by atoms with van der Waals surface area (Å²) in [7, 11) is 1.38. The van der Waals surface area contributed by atoms with E-state index < -0.39 is 0 Å². The monoisotopic (exact) mass is 577 g/mol. The summed E-state index contributed by atoms with van der Waals surface area (Å²) in [5.41, 5.74) is 3.70. The Morgan fingerprint density at radius 2 is 1.63 bits per heavy atom. The number of carbonyl (C=O) groups is 3. The van der Waals surface area contributed by atoms with Crippen molar-refractivity contribution in [2.24, 2.45) is 23.2 Å². The van der Waals surface area contributed by atoms with Crippen molar-refractivity contribution in [3.05, 3.63) is 58.6 Å². The van der Waals surface area contributed by atoms with E-state index in [9.17, 15) is 14.4 Å². The summed E-state index contributed by atoms with van der Waals surface area (Å²) in [5, 5.41) is 3.62. The van der Waals surface area contributed by atoms with E-state index in [0.29, 0.717) is 36.6 Å². The minimum absolute atomic E-state index is 0.00779. The highest BCUT2D eigenvalue weighted by atomic mass is 35.5. The molecule has 2 aromatic rings. The van der Waals surface area contributed by atoms with Gasteiger partial charge in [0.25, 0.3) is 0 Å². The zero-order chi connectivity index (χ0) is 28.6. The molecule has 41 heavy (non-hydrogen) atoms. The normalized spacial score (nSPS) is 27.1. The highest BCUT2D eigenvalue weighted by molar-refractivity contribution is 6.30. The second-order valence-electron chi connectivity index (χ2n) is 12.9. The van der Waals surface area contributed by atoms with Crippen molar-refractivity contribution in [3.63, 3.8) is 0 Å². The molecular formula is C33H40ClN3O4. The fourth-order valence-corrected chi connectivity index (χ4v) is 8.69. The van der Waals surface area contributed by atoms with Crippen LogP contribution in [0.4, 0.5) is 0 Å². The molecule has 5 aliphatic rings. The lowest BCUT2D eigenvalue weighted by Crippen LogP contribution is -2.51. The molecular weight excluding hydrogens is 538 g/mol. The zero-order valence-corrected chi connectivity index (χ0v) is 24.6. The Morgan fingerprint density at radius 1 is 0.951 bits per heavy atom. The molecule has 1 saturated heterocycles. The van der Waals surface area contributed by atoms with E-state index in [-0.39, 0.29) is 29.7 Å². The van der Waals surface area contributed by atoms with Crippen molar-refractivity contribution < 1.29 is 19.1 Å².